The summed E-state index contributed by atoms with van der Waals surface area (Å²) in [6.07, 6.45) is 4.23. The van der Waals surface area contributed by atoms with Gasteiger partial charge in [-0.3, -0.25) is 24.3 Å². The highest BCUT2D eigenvalue weighted by atomic mass is 32.2. The zero-order chi connectivity index (χ0) is 37.5. The van der Waals surface area contributed by atoms with Gasteiger partial charge in [0.25, 0.3) is 12.0 Å². The van der Waals surface area contributed by atoms with Crippen molar-refractivity contribution in [3.05, 3.63) is 58.0 Å². The normalized spacial score (nSPS) is 25.3. The van der Waals surface area contributed by atoms with Crippen LogP contribution in [-0.2, 0) is 19.6 Å². The van der Waals surface area contributed by atoms with Crippen molar-refractivity contribution in [1.29, 1.82) is 0 Å². The highest BCUT2D eigenvalue weighted by Crippen LogP contribution is 2.40. The van der Waals surface area contributed by atoms with Crippen LogP contribution in [0.25, 0.3) is 11.0 Å². The maximum atomic E-state index is 13.8. The number of imide groups is 1. The zero-order valence-corrected chi connectivity index (χ0v) is 30.7. The molecule has 0 spiro atoms. The first-order valence-corrected chi connectivity index (χ1v) is 20.3. The molecule has 1 unspecified atom stereocenters. The lowest BCUT2D eigenvalue weighted by Gasteiger charge is -2.35. The third-order valence-electron chi connectivity index (χ3n) is 11.7. The van der Waals surface area contributed by atoms with E-state index < -0.39 is 39.2 Å². The van der Waals surface area contributed by atoms with Gasteiger partial charge in [-0.1, -0.05) is 12.1 Å². The van der Waals surface area contributed by atoms with Crippen LogP contribution in [0.4, 0.5) is 20.4 Å². The first-order chi connectivity index (χ1) is 25.3. The number of piperidine rings is 3. The number of pyridine rings is 1. The number of fused-ring (bicyclic) bond motifs is 1. The van der Waals surface area contributed by atoms with Crippen molar-refractivity contribution < 1.29 is 31.9 Å². The summed E-state index contributed by atoms with van der Waals surface area (Å²) in [5, 5.41) is 16.9. The number of aromatic nitrogens is 3. The predicted octanol–water partition coefficient (Wildman–Crippen LogP) is 4.24. The third kappa shape index (κ3) is 7.95. The summed E-state index contributed by atoms with van der Waals surface area (Å²) in [4.78, 5) is 48.2. The van der Waals surface area contributed by atoms with E-state index in [9.17, 15) is 36.7 Å². The van der Waals surface area contributed by atoms with Gasteiger partial charge in [-0.25, -0.2) is 26.5 Å². The predicted molar refractivity (Wildman–Crippen MR) is 195 cm³/mol. The fourth-order valence-electron chi connectivity index (χ4n) is 8.51. The maximum Gasteiger partial charge on any atom is 0.269 e. The number of sulfonamides is 1. The summed E-state index contributed by atoms with van der Waals surface area (Å²) in [7, 11) is -3.46. The summed E-state index contributed by atoms with van der Waals surface area (Å²) in [6.45, 7) is 3.93. The van der Waals surface area contributed by atoms with Crippen molar-refractivity contribution in [2.24, 2.45) is 5.92 Å². The maximum absolute atomic E-state index is 13.8. The van der Waals surface area contributed by atoms with Crippen molar-refractivity contribution in [3.8, 4) is 0 Å². The topological polar surface area (TPSA) is 167 Å². The Morgan fingerprint density at radius 3 is 2.38 bits per heavy atom. The lowest BCUT2D eigenvalue weighted by molar-refractivity contribution is -0.134. The Labute approximate surface area is 307 Å². The van der Waals surface area contributed by atoms with Crippen LogP contribution in [0.1, 0.15) is 101 Å². The van der Waals surface area contributed by atoms with Crippen LogP contribution in [0, 0.1) is 5.92 Å². The molecule has 2 amide bonds. The van der Waals surface area contributed by atoms with E-state index in [1.54, 1.807) is 11.2 Å². The summed E-state index contributed by atoms with van der Waals surface area (Å²) in [5.41, 5.74) is -0.630. The minimum atomic E-state index is -3.46. The Hall–Kier alpha value is -4.02. The number of aliphatic hydroxyl groups is 1. The highest BCUT2D eigenvalue weighted by Gasteiger charge is 2.40. The Morgan fingerprint density at radius 2 is 1.74 bits per heavy atom. The number of alkyl halides is 2. The van der Waals surface area contributed by atoms with Gasteiger partial charge in [0.1, 0.15) is 5.65 Å². The lowest BCUT2D eigenvalue weighted by Crippen LogP contribution is -2.44. The Bertz CT molecular complexity index is 2010. The molecule has 3 atom stereocenters. The van der Waals surface area contributed by atoms with Crippen LogP contribution < -0.4 is 21.1 Å². The van der Waals surface area contributed by atoms with E-state index in [2.05, 4.69) is 25.5 Å². The van der Waals surface area contributed by atoms with Crippen LogP contribution in [0.5, 0.6) is 0 Å². The average molecular weight is 756 g/mol. The molecule has 4 fully saturated rings. The van der Waals surface area contributed by atoms with Gasteiger partial charge < -0.3 is 15.3 Å². The smallest absolute Gasteiger partial charge is 0.269 e. The van der Waals surface area contributed by atoms with Crippen molar-refractivity contribution in [2.75, 3.05) is 42.1 Å². The number of nitrogens with zero attached hydrogens (tertiary/aromatic N) is 5. The highest BCUT2D eigenvalue weighted by molar-refractivity contribution is 7.89. The molecule has 1 saturated carbocycles. The fourth-order valence-corrected chi connectivity index (χ4v) is 10.2. The largest absolute Gasteiger partial charge is 0.388 e. The molecule has 7 rings (SSSR count). The van der Waals surface area contributed by atoms with Crippen LogP contribution in [0.3, 0.4) is 0 Å². The van der Waals surface area contributed by atoms with E-state index in [1.807, 2.05) is 24.3 Å². The van der Waals surface area contributed by atoms with Gasteiger partial charge in [-0.05, 0) is 94.4 Å². The minimum Gasteiger partial charge on any atom is -0.388 e. The number of benzene rings is 1. The summed E-state index contributed by atoms with van der Waals surface area (Å²) in [6, 6.07) is 8.22. The zero-order valence-electron chi connectivity index (χ0n) is 29.8. The van der Waals surface area contributed by atoms with Gasteiger partial charge in [0, 0.05) is 55.9 Å². The SMILES string of the molecule is C[C@@]1(O)CCC[C@H]1n1c(=O)c(C(F)F)cc2cnc(NC3CCN(S(=O)(=O)CCC4CCN(c5ccc(C6CCC(=O)NC6=O)cc5)CC4)CC3)nc21. The summed E-state index contributed by atoms with van der Waals surface area (Å²) >= 11 is 0. The second-order valence-corrected chi connectivity index (χ2v) is 17.3. The van der Waals surface area contributed by atoms with Crippen molar-refractivity contribution >= 4 is 44.5 Å². The molecule has 1 aromatic carbocycles. The quantitative estimate of drug-likeness (QED) is 0.255. The van der Waals surface area contributed by atoms with E-state index in [4.69, 9.17) is 0 Å². The van der Waals surface area contributed by atoms with Crippen LogP contribution >= 0.6 is 0 Å². The summed E-state index contributed by atoms with van der Waals surface area (Å²) in [5.74, 6) is -0.183. The minimum absolute atomic E-state index is 0.0906. The number of carbonyl (C=O) groups excluding carboxylic acids is 2. The first-order valence-electron chi connectivity index (χ1n) is 18.6. The molecule has 3 N–H and O–H groups in total. The van der Waals surface area contributed by atoms with Gasteiger partial charge in [0.15, 0.2) is 0 Å². The lowest BCUT2D eigenvalue weighted by atomic mass is 9.90. The van der Waals surface area contributed by atoms with E-state index in [0.717, 1.165) is 43.2 Å². The molecule has 0 radical (unpaired) electrons. The van der Waals surface area contributed by atoms with Gasteiger partial charge in [0.05, 0.1) is 28.9 Å². The van der Waals surface area contributed by atoms with Crippen LogP contribution in [0.15, 0.2) is 41.3 Å². The number of carbonyl (C=O) groups is 2. The van der Waals surface area contributed by atoms with Crippen molar-refractivity contribution in [2.45, 2.75) is 101 Å². The molecule has 3 saturated heterocycles. The number of nitrogens with one attached hydrogen (secondary N) is 2. The third-order valence-corrected chi connectivity index (χ3v) is 13.6. The fraction of sp³-hybridized carbons (Fsp3) is 0.595. The molecule has 0 bridgehead atoms. The molecule has 3 aliphatic heterocycles. The Kier molecular flexibility index (Phi) is 10.6. The van der Waals surface area contributed by atoms with Crippen molar-refractivity contribution in [3.63, 3.8) is 0 Å². The number of amides is 2. The van der Waals surface area contributed by atoms with Gasteiger partial charge >= 0.3 is 0 Å². The van der Waals surface area contributed by atoms with E-state index in [1.165, 1.54) is 10.8 Å². The molecular weight excluding hydrogens is 709 g/mol. The molecule has 53 heavy (non-hydrogen) atoms. The van der Waals surface area contributed by atoms with E-state index >= 15 is 0 Å². The van der Waals surface area contributed by atoms with Crippen LogP contribution in [0.2, 0.25) is 0 Å². The van der Waals surface area contributed by atoms with E-state index in [-0.39, 0.29) is 46.5 Å². The van der Waals surface area contributed by atoms with Gasteiger partial charge in [-0.15, -0.1) is 0 Å². The number of hydrogen-bond acceptors (Lipinski definition) is 10. The second kappa shape index (κ2) is 15.0. The molecule has 3 aromatic rings. The average Bonchev–Trinajstić information content (AvgIpc) is 3.49. The number of rotatable bonds is 10. The number of halogens is 2. The van der Waals surface area contributed by atoms with Gasteiger partial charge in [-0.2, -0.15) is 4.98 Å². The molecule has 16 heteroatoms. The van der Waals surface area contributed by atoms with E-state index in [0.29, 0.717) is 70.4 Å². The Morgan fingerprint density at radius 1 is 1.02 bits per heavy atom. The monoisotopic (exact) mass is 755 g/mol. The standard InChI is InChI=1S/C37H47F2N7O6S/c1-37(50)15-2-3-30(37)46-33-25(21-29(32(38)39)35(46)49)22-40-36(43-33)41-26-12-18-45(19-13-26)53(51,52)20-14-23-10-16-44(17-11-23)27-6-4-24(5-7-27)28-8-9-31(47)42-34(28)48/h4-7,21-23,26,28,30,32,50H,2-3,8-20H2,1H3,(H,40,41,43)(H,42,47,48)/t28?,30-,37-/m1/s1. The molecule has 2 aromatic heterocycles. The Balaban J connectivity index is 0.907. The molecule has 4 aliphatic rings. The number of hydrogen-bond donors (Lipinski definition) is 3. The molecule has 5 heterocycles. The number of anilines is 2. The van der Waals surface area contributed by atoms with Crippen LogP contribution in [-0.4, -0.2) is 87.8 Å². The molecule has 13 nitrogen and oxygen atoms in total. The van der Waals surface area contributed by atoms with Crippen molar-refractivity contribution in [1.82, 2.24) is 24.2 Å². The van der Waals surface area contributed by atoms with Gasteiger partial charge in [0.2, 0.25) is 27.8 Å². The summed E-state index contributed by atoms with van der Waals surface area (Å²) < 4.78 is 57.1. The molecule has 286 valence electrons. The second-order valence-electron chi connectivity index (χ2n) is 15.3. The first kappa shape index (κ1) is 37.3. The molecular formula is C37H47F2N7O6S. The molecule has 1 aliphatic carbocycles.